The highest BCUT2D eigenvalue weighted by molar-refractivity contribution is 9.10. The molecule has 0 aliphatic heterocycles. The van der Waals surface area contributed by atoms with Gasteiger partial charge >= 0.3 is 0 Å². The molecule has 0 radical (unpaired) electrons. The van der Waals surface area contributed by atoms with Gasteiger partial charge in [0.15, 0.2) is 0 Å². The third-order valence-electron chi connectivity index (χ3n) is 4.07. The summed E-state index contributed by atoms with van der Waals surface area (Å²) in [7, 11) is 0. The Bertz CT molecular complexity index is 1020. The van der Waals surface area contributed by atoms with Crippen molar-refractivity contribution in [1.29, 1.82) is 5.26 Å². The largest absolute Gasteiger partial charge is 0.488 e. The Morgan fingerprint density at radius 3 is 2.52 bits per heavy atom. The van der Waals surface area contributed by atoms with Crippen molar-refractivity contribution in [2.45, 2.75) is 13.5 Å². The Morgan fingerprint density at radius 2 is 1.85 bits per heavy atom. The molecule has 0 bridgehead atoms. The van der Waals surface area contributed by atoms with Gasteiger partial charge in [-0.15, -0.1) is 0 Å². The van der Waals surface area contributed by atoms with Crippen LogP contribution in [0.4, 0.5) is 4.39 Å². The van der Waals surface area contributed by atoms with Crippen LogP contribution in [0.1, 0.15) is 22.3 Å². The number of hydrogen-bond donors (Lipinski definition) is 0. The second kappa shape index (κ2) is 8.66. The van der Waals surface area contributed by atoms with Crippen LogP contribution in [0.3, 0.4) is 0 Å². The molecule has 0 aliphatic rings. The first-order valence-electron chi connectivity index (χ1n) is 8.41. The Hall–Kier alpha value is -2.90. The monoisotopic (exact) mass is 421 g/mol. The minimum absolute atomic E-state index is 0.272. The Morgan fingerprint density at radius 1 is 1.11 bits per heavy atom. The summed E-state index contributed by atoms with van der Waals surface area (Å²) in [6.45, 7) is 2.51. The molecule has 0 saturated carbocycles. The highest BCUT2D eigenvalue weighted by atomic mass is 79.9. The average molecular weight is 422 g/mol. The van der Waals surface area contributed by atoms with Crippen molar-refractivity contribution in [3.05, 3.63) is 99.3 Å². The zero-order valence-electron chi connectivity index (χ0n) is 14.7. The molecule has 0 aliphatic carbocycles. The molecule has 0 heterocycles. The van der Waals surface area contributed by atoms with Gasteiger partial charge in [0.05, 0.1) is 16.1 Å². The number of nitriles is 1. The summed E-state index contributed by atoms with van der Waals surface area (Å²) in [6.07, 6.45) is 1.66. The molecule has 0 atom stereocenters. The molecule has 0 spiro atoms. The molecule has 0 aromatic heterocycles. The van der Waals surface area contributed by atoms with Crippen molar-refractivity contribution in [1.82, 2.24) is 0 Å². The molecular formula is C23H17BrFNO. The van der Waals surface area contributed by atoms with E-state index in [9.17, 15) is 9.65 Å². The number of allylic oxidation sites excluding steroid dienone is 1. The second-order valence-electron chi connectivity index (χ2n) is 6.11. The van der Waals surface area contributed by atoms with Crippen LogP contribution in [0.2, 0.25) is 0 Å². The highest BCUT2D eigenvalue weighted by Crippen LogP contribution is 2.29. The van der Waals surface area contributed by atoms with E-state index >= 15 is 0 Å². The zero-order valence-corrected chi connectivity index (χ0v) is 16.3. The fourth-order valence-corrected chi connectivity index (χ4v) is 3.10. The first kappa shape index (κ1) is 18.9. The normalized spacial score (nSPS) is 11.1. The van der Waals surface area contributed by atoms with Gasteiger partial charge in [0.2, 0.25) is 0 Å². The molecule has 27 heavy (non-hydrogen) atoms. The smallest absolute Gasteiger partial charge is 0.134 e. The highest BCUT2D eigenvalue weighted by Gasteiger charge is 2.08. The van der Waals surface area contributed by atoms with Crippen molar-refractivity contribution < 1.29 is 9.13 Å². The topological polar surface area (TPSA) is 33.0 Å². The fourth-order valence-electron chi connectivity index (χ4n) is 2.59. The third-order valence-corrected chi connectivity index (χ3v) is 4.69. The number of ether oxygens (including phenoxy) is 1. The molecular weight excluding hydrogens is 405 g/mol. The van der Waals surface area contributed by atoms with Crippen LogP contribution in [0, 0.1) is 24.1 Å². The van der Waals surface area contributed by atoms with E-state index in [1.54, 1.807) is 24.3 Å². The summed E-state index contributed by atoms with van der Waals surface area (Å²) in [5.41, 5.74) is 3.63. The van der Waals surface area contributed by atoms with Crippen LogP contribution >= 0.6 is 15.9 Å². The average Bonchev–Trinajstić information content (AvgIpc) is 2.67. The molecule has 3 aromatic carbocycles. The lowest BCUT2D eigenvalue weighted by Crippen LogP contribution is -1.96. The Balaban J connectivity index is 1.78. The zero-order chi connectivity index (χ0) is 19.2. The van der Waals surface area contributed by atoms with Crippen LogP contribution in [0.5, 0.6) is 5.75 Å². The lowest BCUT2D eigenvalue weighted by atomic mass is 10.0. The van der Waals surface area contributed by atoms with E-state index in [1.807, 2.05) is 49.4 Å². The number of aryl methyl sites for hydroxylation is 1. The van der Waals surface area contributed by atoms with Crippen LogP contribution in [0.25, 0.3) is 11.6 Å². The number of hydrogen-bond acceptors (Lipinski definition) is 2. The van der Waals surface area contributed by atoms with Crippen LogP contribution in [-0.2, 0) is 6.61 Å². The maximum Gasteiger partial charge on any atom is 0.134 e. The van der Waals surface area contributed by atoms with Crippen molar-refractivity contribution in [2.75, 3.05) is 0 Å². The molecule has 0 fully saturated rings. The van der Waals surface area contributed by atoms with E-state index < -0.39 is 5.82 Å². The summed E-state index contributed by atoms with van der Waals surface area (Å²) in [4.78, 5) is 0. The van der Waals surface area contributed by atoms with E-state index in [1.165, 1.54) is 11.6 Å². The second-order valence-corrected chi connectivity index (χ2v) is 6.97. The summed E-state index contributed by atoms with van der Waals surface area (Å²) in [5, 5.41) is 9.40. The van der Waals surface area contributed by atoms with Crippen LogP contribution < -0.4 is 4.74 Å². The number of benzene rings is 3. The van der Waals surface area contributed by atoms with Crippen LogP contribution in [-0.4, -0.2) is 0 Å². The number of rotatable bonds is 5. The van der Waals surface area contributed by atoms with Crippen LogP contribution in [0.15, 0.2) is 71.2 Å². The Labute approximate surface area is 166 Å². The molecule has 0 amide bonds. The third kappa shape index (κ3) is 4.84. The van der Waals surface area contributed by atoms with E-state index in [2.05, 4.69) is 22.0 Å². The quantitative estimate of drug-likeness (QED) is 0.346. The van der Waals surface area contributed by atoms with E-state index in [-0.39, 0.29) is 11.1 Å². The number of halogens is 2. The van der Waals surface area contributed by atoms with Crippen molar-refractivity contribution >= 4 is 27.6 Å². The van der Waals surface area contributed by atoms with Gasteiger partial charge in [0.25, 0.3) is 0 Å². The number of nitrogens with zero attached hydrogens (tertiary/aromatic N) is 1. The summed E-state index contributed by atoms with van der Waals surface area (Å²) in [5.74, 6) is 0.291. The summed E-state index contributed by atoms with van der Waals surface area (Å²) >= 11 is 3.50. The molecule has 4 heteroatoms. The summed E-state index contributed by atoms with van der Waals surface area (Å²) < 4.78 is 20.6. The first-order valence-corrected chi connectivity index (χ1v) is 9.21. The van der Waals surface area contributed by atoms with Crippen molar-refractivity contribution in [2.24, 2.45) is 0 Å². The predicted octanol–water partition coefficient (Wildman–Crippen LogP) is 6.54. The first-order chi connectivity index (χ1) is 13.1. The van der Waals surface area contributed by atoms with Gasteiger partial charge < -0.3 is 4.74 Å². The van der Waals surface area contributed by atoms with Gasteiger partial charge in [-0.25, -0.2) is 4.39 Å². The maximum absolute atomic E-state index is 13.9. The SMILES string of the molecule is Cc1ccc(COc2ccc(C=C(C#N)c3ccccc3F)cc2Br)cc1. The van der Waals surface area contributed by atoms with E-state index in [0.29, 0.717) is 12.4 Å². The van der Waals surface area contributed by atoms with Gasteiger partial charge in [-0.1, -0.05) is 54.1 Å². The maximum atomic E-state index is 13.9. The van der Waals surface area contributed by atoms with Gasteiger partial charge in [-0.2, -0.15) is 5.26 Å². The van der Waals surface area contributed by atoms with Crippen molar-refractivity contribution in [3.8, 4) is 11.8 Å². The van der Waals surface area contributed by atoms with Gasteiger partial charge in [-0.05, 0) is 58.3 Å². The Kier molecular flexibility index (Phi) is 6.05. The van der Waals surface area contributed by atoms with E-state index in [0.717, 1.165) is 15.6 Å². The molecule has 0 saturated heterocycles. The molecule has 2 nitrogen and oxygen atoms in total. The molecule has 0 N–H and O–H groups in total. The van der Waals surface area contributed by atoms with Gasteiger partial charge in [0, 0.05) is 5.56 Å². The van der Waals surface area contributed by atoms with Gasteiger partial charge in [-0.3, -0.25) is 0 Å². The van der Waals surface area contributed by atoms with Gasteiger partial charge in [0.1, 0.15) is 18.2 Å². The van der Waals surface area contributed by atoms with Crippen molar-refractivity contribution in [3.63, 3.8) is 0 Å². The molecule has 3 aromatic rings. The lowest BCUT2D eigenvalue weighted by Gasteiger charge is -2.09. The predicted molar refractivity (Wildman–Crippen MR) is 110 cm³/mol. The minimum Gasteiger partial charge on any atom is -0.488 e. The standard InChI is InChI=1S/C23H17BrFNO/c1-16-6-8-17(9-7-16)15-27-23-11-10-18(13-21(23)24)12-19(14-26)20-4-2-3-5-22(20)25/h2-13H,15H2,1H3. The lowest BCUT2D eigenvalue weighted by molar-refractivity contribution is 0.304. The summed E-state index contributed by atoms with van der Waals surface area (Å²) in [6, 6.07) is 22.0. The minimum atomic E-state index is -0.414. The fraction of sp³-hybridized carbons (Fsp3) is 0.0870. The van der Waals surface area contributed by atoms with E-state index in [4.69, 9.17) is 4.74 Å². The molecule has 3 rings (SSSR count). The molecule has 0 unspecified atom stereocenters. The molecule has 134 valence electrons.